The number of fused-ring (bicyclic) bond motifs is 2. The highest BCUT2D eigenvalue weighted by atomic mass is 16.5. The summed E-state index contributed by atoms with van der Waals surface area (Å²) in [5, 5.41) is 0. The minimum Gasteiger partial charge on any atom is -0.457 e. The lowest BCUT2D eigenvalue weighted by atomic mass is 9.87. The van der Waals surface area contributed by atoms with Gasteiger partial charge in [0, 0.05) is 16.7 Å². The number of amides is 2. The number of hydrogen-bond donors (Lipinski definition) is 2. The van der Waals surface area contributed by atoms with Gasteiger partial charge in [0.1, 0.15) is 11.5 Å². The summed E-state index contributed by atoms with van der Waals surface area (Å²) in [6, 6.07) is 23.5. The minimum atomic E-state index is -0.563. The Kier molecular flexibility index (Phi) is 4.11. The van der Waals surface area contributed by atoms with E-state index in [4.69, 9.17) is 4.74 Å². The van der Waals surface area contributed by atoms with Crippen molar-refractivity contribution in [3.8, 4) is 11.5 Å². The van der Waals surface area contributed by atoms with Crippen LogP contribution in [0.5, 0.6) is 11.5 Å². The Balaban J connectivity index is 1.59. The van der Waals surface area contributed by atoms with Gasteiger partial charge in [-0.05, 0) is 24.3 Å². The SMILES string of the molecule is O=C(NNC(=O)C1c2ccccc2Oc2ccccc21)c1ccccc1. The second-order valence-electron chi connectivity index (χ2n) is 5.92. The number of ether oxygens (including phenoxy) is 1. The highest BCUT2D eigenvalue weighted by molar-refractivity contribution is 5.97. The Bertz CT molecular complexity index is 924. The molecule has 0 bridgehead atoms. The van der Waals surface area contributed by atoms with Gasteiger partial charge in [0.25, 0.3) is 11.8 Å². The molecular formula is C21H16N2O3. The summed E-state index contributed by atoms with van der Waals surface area (Å²) in [6.45, 7) is 0. The summed E-state index contributed by atoms with van der Waals surface area (Å²) in [5.41, 5.74) is 7.01. The van der Waals surface area contributed by atoms with E-state index < -0.39 is 5.92 Å². The van der Waals surface area contributed by atoms with Crippen LogP contribution in [0, 0.1) is 0 Å². The molecule has 2 amide bonds. The van der Waals surface area contributed by atoms with Crippen LogP contribution in [-0.4, -0.2) is 11.8 Å². The Morgan fingerprint density at radius 2 is 1.23 bits per heavy atom. The van der Waals surface area contributed by atoms with Gasteiger partial charge in [-0.15, -0.1) is 0 Å². The van der Waals surface area contributed by atoms with Gasteiger partial charge in [-0.1, -0.05) is 54.6 Å². The molecule has 3 aromatic rings. The fourth-order valence-corrected chi connectivity index (χ4v) is 3.04. The van der Waals surface area contributed by atoms with Gasteiger partial charge in [-0.3, -0.25) is 20.4 Å². The first-order chi connectivity index (χ1) is 12.7. The summed E-state index contributed by atoms with van der Waals surface area (Å²) >= 11 is 0. The molecule has 0 spiro atoms. The van der Waals surface area contributed by atoms with Crippen molar-refractivity contribution < 1.29 is 14.3 Å². The normalized spacial score (nSPS) is 12.3. The van der Waals surface area contributed by atoms with Crippen molar-refractivity contribution in [2.75, 3.05) is 0 Å². The first-order valence-electron chi connectivity index (χ1n) is 8.25. The van der Waals surface area contributed by atoms with Crippen molar-refractivity contribution in [3.05, 3.63) is 95.6 Å². The molecule has 3 aromatic carbocycles. The number of hydrogen-bond acceptors (Lipinski definition) is 3. The zero-order chi connectivity index (χ0) is 17.9. The lowest BCUT2D eigenvalue weighted by molar-refractivity contribution is -0.122. The molecule has 0 saturated carbocycles. The van der Waals surface area contributed by atoms with Crippen LogP contribution in [-0.2, 0) is 4.79 Å². The van der Waals surface area contributed by atoms with Crippen molar-refractivity contribution in [2.24, 2.45) is 0 Å². The zero-order valence-corrected chi connectivity index (χ0v) is 13.8. The van der Waals surface area contributed by atoms with E-state index in [0.717, 1.165) is 11.1 Å². The van der Waals surface area contributed by atoms with Gasteiger partial charge in [-0.25, -0.2) is 0 Å². The summed E-state index contributed by atoms with van der Waals surface area (Å²) in [4.78, 5) is 25.1. The minimum absolute atomic E-state index is 0.322. The van der Waals surface area contributed by atoms with Gasteiger partial charge in [0.05, 0.1) is 5.92 Å². The van der Waals surface area contributed by atoms with Crippen LogP contribution in [0.4, 0.5) is 0 Å². The molecule has 0 unspecified atom stereocenters. The Morgan fingerprint density at radius 3 is 1.85 bits per heavy atom. The van der Waals surface area contributed by atoms with Crippen LogP contribution in [0.3, 0.4) is 0 Å². The largest absolute Gasteiger partial charge is 0.457 e. The maximum atomic E-state index is 12.9. The number of rotatable bonds is 2. The van der Waals surface area contributed by atoms with Crippen LogP contribution in [0.1, 0.15) is 27.4 Å². The molecule has 0 saturated heterocycles. The fourth-order valence-electron chi connectivity index (χ4n) is 3.04. The maximum Gasteiger partial charge on any atom is 0.269 e. The predicted octanol–water partition coefficient (Wildman–Crippen LogP) is 3.39. The Hall–Kier alpha value is -3.60. The second kappa shape index (κ2) is 6.72. The third kappa shape index (κ3) is 2.91. The van der Waals surface area contributed by atoms with Crippen LogP contribution < -0.4 is 15.6 Å². The topological polar surface area (TPSA) is 67.4 Å². The summed E-state index contributed by atoms with van der Waals surface area (Å²) in [6.07, 6.45) is 0. The van der Waals surface area contributed by atoms with Gasteiger partial charge in [0.15, 0.2) is 0 Å². The number of benzene rings is 3. The predicted molar refractivity (Wildman–Crippen MR) is 96.9 cm³/mol. The molecule has 2 N–H and O–H groups in total. The second-order valence-corrected chi connectivity index (χ2v) is 5.92. The molecule has 0 aliphatic carbocycles. The fraction of sp³-hybridized carbons (Fsp3) is 0.0476. The van der Waals surface area contributed by atoms with E-state index in [2.05, 4.69) is 10.9 Å². The third-order valence-corrected chi connectivity index (χ3v) is 4.28. The van der Waals surface area contributed by atoms with Crippen molar-refractivity contribution in [1.82, 2.24) is 10.9 Å². The monoisotopic (exact) mass is 344 g/mol. The summed E-state index contributed by atoms with van der Waals surface area (Å²) in [7, 11) is 0. The van der Waals surface area contributed by atoms with E-state index in [9.17, 15) is 9.59 Å². The standard InChI is InChI=1S/C21H16N2O3/c24-20(14-8-2-1-3-9-14)22-23-21(25)19-15-10-4-6-12-17(15)26-18-13-7-5-11-16(18)19/h1-13,19H,(H,22,24)(H,23,25). The average molecular weight is 344 g/mol. The number of nitrogens with one attached hydrogen (secondary N) is 2. The highest BCUT2D eigenvalue weighted by Crippen LogP contribution is 2.43. The van der Waals surface area contributed by atoms with Crippen LogP contribution in [0.2, 0.25) is 0 Å². The number of hydrazine groups is 1. The van der Waals surface area contributed by atoms with Gasteiger partial charge < -0.3 is 4.74 Å². The van der Waals surface area contributed by atoms with E-state index in [1.165, 1.54) is 0 Å². The van der Waals surface area contributed by atoms with E-state index >= 15 is 0 Å². The zero-order valence-electron chi connectivity index (χ0n) is 13.8. The van der Waals surface area contributed by atoms with E-state index in [0.29, 0.717) is 17.1 Å². The summed E-state index contributed by atoms with van der Waals surface area (Å²) < 4.78 is 5.89. The van der Waals surface area contributed by atoms with E-state index in [1.807, 2.05) is 54.6 Å². The van der Waals surface area contributed by atoms with Crippen molar-refractivity contribution in [3.63, 3.8) is 0 Å². The quantitative estimate of drug-likeness (QED) is 0.700. The van der Waals surface area contributed by atoms with Crippen molar-refractivity contribution >= 4 is 11.8 Å². The van der Waals surface area contributed by atoms with Crippen molar-refractivity contribution in [2.45, 2.75) is 5.92 Å². The number of carbonyl (C=O) groups is 2. The Labute approximate surface area is 150 Å². The third-order valence-electron chi connectivity index (χ3n) is 4.28. The van der Waals surface area contributed by atoms with E-state index in [1.54, 1.807) is 24.3 Å². The maximum absolute atomic E-state index is 12.9. The highest BCUT2D eigenvalue weighted by Gasteiger charge is 2.32. The molecule has 0 aromatic heterocycles. The Morgan fingerprint density at radius 1 is 0.692 bits per heavy atom. The first kappa shape index (κ1) is 15.9. The molecule has 26 heavy (non-hydrogen) atoms. The molecule has 0 radical (unpaired) electrons. The lowest BCUT2D eigenvalue weighted by Gasteiger charge is -2.27. The first-order valence-corrected chi connectivity index (χ1v) is 8.25. The molecule has 128 valence electrons. The number of para-hydroxylation sites is 2. The van der Waals surface area contributed by atoms with Crippen LogP contribution >= 0.6 is 0 Å². The molecule has 1 aliphatic rings. The van der Waals surface area contributed by atoms with Gasteiger partial charge in [0.2, 0.25) is 0 Å². The lowest BCUT2D eigenvalue weighted by Crippen LogP contribution is -2.44. The molecule has 1 heterocycles. The molecule has 5 heteroatoms. The van der Waals surface area contributed by atoms with Gasteiger partial charge >= 0.3 is 0 Å². The average Bonchev–Trinajstić information content (AvgIpc) is 2.70. The molecule has 0 atom stereocenters. The van der Waals surface area contributed by atoms with Crippen LogP contribution in [0.25, 0.3) is 0 Å². The summed E-state index contributed by atoms with van der Waals surface area (Å²) in [5.74, 6) is 0.0266. The molecule has 1 aliphatic heterocycles. The molecule has 5 nitrogen and oxygen atoms in total. The number of carbonyl (C=O) groups excluding carboxylic acids is 2. The molecular weight excluding hydrogens is 328 g/mol. The van der Waals surface area contributed by atoms with Crippen LogP contribution in [0.15, 0.2) is 78.9 Å². The van der Waals surface area contributed by atoms with Crippen molar-refractivity contribution in [1.29, 1.82) is 0 Å². The van der Waals surface area contributed by atoms with E-state index in [-0.39, 0.29) is 11.8 Å². The van der Waals surface area contributed by atoms with Gasteiger partial charge in [-0.2, -0.15) is 0 Å². The smallest absolute Gasteiger partial charge is 0.269 e. The molecule has 0 fully saturated rings. The molecule has 4 rings (SSSR count).